The van der Waals surface area contributed by atoms with Gasteiger partial charge in [-0.2, -0.15) is 0 Å². The number of hydrogen-bond donors (Lipinski definition) is 1. The number of amides is 1. The zero-order valence-corrected chi connectivity index (χ0v) is 20.3. The molecule has 0 bridgehead atoms. The number of hydrogen-bond acceptors (Lipinski definition) is 6. The Morgan fingerprint density at radius 3 is 2.25 bits per heavy atom. The molecule has 0 saturated carbocycles. The molecule has 36 heavy (non-hydrogen) atoms. The number of esters is 1. The Labute approximate surface area is 208 Å². The van der Waals surface area contributed by atoms with E-state index in [9.17, 15) is 14.4 Å². The third-order valence-corrected chi connectivity index (χ3v) is 5.73. The molecule has 4 rings (SSSR count). The van der Waals surface area contributed by atoms with E-state index in [4.69, 9.17) is 13.9 Å². The van der Waals surface area contributed by atoms with Gasteiger partial charge in [-0.3, -0.25) is 4.79 Å². The number of rotatable bonds is 8. The number of ether oxygens (including phenoxy) is 2. The van der Waals surface area contributed by atoms with Gasteiger partial charge in [0.05, 0.1) is 6.04 Å². The van der Waals surface area contributed by atoms with Crippen LogP contribution in [-0.2, 0) is 4.79 Å². The maximum atomic E-state index is 12.7. The van der Waals surface area contributed by atoms with Gasteiger partial charge in [0, 0.05) is 11.5 Å². The predicted molar refractivity (Wildman–Crippen MR) is 136 cm³/mol. The summed E-state index contributed by atoms with van der Waals surface area (Å²) in [5.41, 5.74) is 1.40. The van der Waals surface area contributed by atoms with E-state index in [0.29, 0.717) is 17.1 Å². The van der Waals surface area contributed by atoms with Crippen LogP contribution in [0.2, 0.25) is 0 Å². The molecule has 1 heterocycles. The molecule has 4 aromatic rings. The van der Waals surface area contributed by atoms with E-state index in [0.717, 1.165) is 5.56 Å². The van der Waals surface area contributed by atoms with E-state index in [1.807, 2.05) is 61.5 Å². The molecule has 0 spiro atoms. The van der Waals surface area contributed by atoms with Crippen LogP contribution in [0.25, 0.3) is 11.0 Å². The van der Waals surface area contributed by atoms with Gasteiger partial charge in [0.1, 0.15) is 22.6 Å². The third-order valence-electron chi connectivity index (χ3n) is 5.73. The van der Waals surface area contributed by atoms with Gasteiger partial charge in [-0.05, 0) is 54.3 Å². The molecule has 7 heteroatoms. The lowest BCUT2D eigenvalue weighted by Crippen LogP contribution is -2.30. The third kappa shape index (κ3) is 5.99. The van der Waals surface area contributed by atoms with E-state index >= 15 is 0 Å². The second-order valence-electron chi connectivity index (χ2n) is 8.74. The van der Waals surface area contributed by atoms with Gasteiger partial charge in [-0.15, -0.1) is 0 Å². The first-order valence-corrected chi connectivity index (χ1v) is 11.7. The van der Waals surface area contributed by atoms with E-state index in [1.165, 1.54) is 17.7 Å². The summed E-state index contributed by atoms with van der Waals surface area (Å²) >= 11 is 0. The Bertz CT molecular complexity index is 1420. The van der Waals surface area contributed by atoms with E-state index in [-0.39, 0.29) is 29.5 Å². The van der Waals surface area contributed by atoms with Gasteiger partial charge in [0.2, 0.25) is 0 Å². The van der Waals surface area contributed by atoms with Crippen molar-refractivity contribution in [3.63, 3.8) is 0 Å². The minimum atomic E-state index is -0.781. The first kappa shape index (κ1) is 24.7. The van der Waals surface area contributed by atoms with Crippen molar-refractivity contribution in [2.45, 2.75) is 32.7 Å². The summed E-state index contributed by atoms with van der Waals surface area (Å²) in [7, 11) is 0. The SMILES string of the molecule is CC(C)c1ccc(OCC(=O)Oc2ccc3cc(C(=O)NC(C)c4ccccc4)c(=O)oc3c2)cc1. The first-order valence-electron chi connectivity index (χ1n) is 11.7. The molecule has 0 fully saturated rings. The Hall–Kier alpha value is -4.39. The maximum Gasteiger partial charge on any atom is 0.349 e. The normalized spacial score (nSPS) is 11.8. The van der Waals surface area contributed by atoms with Crippen molar-refractivity contribution in [3.8, 4) is 11.5 Å². The fourth-order valence-corrected chi connectivity index (χ4v) is 3.66. The molecule has 1 N–H and O–H groups in total. The van der Waals surface area contributed by atoms with E-state index < -0.39 is 17.5 Å². The summed E-state index contributed by atoms with van der Waals surface area (Å²) < 4.78 is 16.2. The molecule has 1 unspecified atom stereocenters. The molecule has 7 nitrogen and oxygen atoms in total. The number of carbonyl (C=O) groups is 2. The summed E-state index contributed by atoms with van der Waals surface area (Å²) in [4.78, 5) is 37.4. The molecular formula is C29H27NO6. The summed E-state index contributed by atoms with van der Waals surface area (Å²) in [6.07, 6.45) is 0. The number of fused-ring (bicyclic) bond motifs is 1. The topological polar surface area (TPSA) is 94.8 Å². The first-order chi connectivity index (χ1) is 17.3. The summed E-state index contributed by atoms with van der Waals surface area (Å²) in [5.74, 6) is 0.0319. The molecular weight excluding hydrogens is 458 g/mol. The minimum absolute atomic E-state index is 0.105. The largest absolute Gasteiger partial charge is 0.482 e. The van der Waals surface area contributed by atoms with Crippen molar-refractivity contribution in [2.75, 3.05) is 6.61 Å². The number of carbonyl (C=O) groups excluding carboxylic acids is 2. The molecule has 0 aliphatic carbocycles. The van der Waals surface area contributed by atoms with Crippen LogP contribution >= 0.6 is 0 Å². The minimum Gasteiger partial charge on any atom is -0.482 e. The summed E-state index contributed by atoms with van der Waals surface area (Å²) in [5, 5.41) is 3.33. The highest BCUT2D eigenvalue weighted by Crippen LogP contribution is 2.22. The highest BCUT2D eigenvalue weighted by Gasteiger charge is 2.17. The van der Waals surface area contributed by atoms with Gasteiger partial charge in [-0.25, -0.2) is 9.59 Å². The van der Waals surface area contributed by atoms with Crippen LogP contribution < -0.4 is 20.4 Å². The molecule has 0 aliphatic heterocycles. The Kier molecular flexibility index (Phi) is 7.49. The fourth-order valence-electron chi connectivity index (χ4n) is 3.66. The molecule has 1 aromatic heterocycles. The Morgan fingerprint density at radius 2 is 1.56 bits per heavy atom. The van der Waals surface area contributed by atoms with Crippen molar-refractivity contribution in [1.29, 1.82) is 0 Å². The van der Waals surface area contributed by atoms with Crippen LogP contribution in [0.1, 0.15) is 54.2 Å². The van der Waals surface area contributed by atoms with Gasteiger partial charge < -0.3 is 19.2 Å². The van der Waals surface area contributed by atoms with Crippen LogP contribution in [0.4, 0.5) is 0 Å². The molecule has 184 valence electrons. The summed E-state index contributed by atoms with van der Waals surface area (Å²) in [6, 6.07) is 22.7. The van der Waals surface area contributed by atoms with Crippen LogP contribution in [0, 0.1) is 0 Å². The highest BCUT2D eigenvalue weighted by atomic mass is 16.6. The van der Waals surface area contributed by atoms with Crippen LogP contribution in [0.15, 0.2) is 88.1 Å². The smallest absolute Gasteiger partial charge is 0.349 e. The summed E-state index contributed by atoms with van der Waals surface area (Å²) in [6.45, 7) is 5.75. The number of benzene rings is 3. The lowest BCUT2D eigenvalue weighted by atomic mass is 10.0. The lowest BCUT2D eigenvalue weighted by Gasteiger charge is -2.14. The molecule has 0 aliphatic rings. The molecule has 3 aromatic carbocycles. The second kappa shape index (κ2) is 10.9. The lowest BCUT2D eigenvalue weighted by molar-refractivity contribution is -0.136. The van der Waals surface area contributed by atoms with Crippen LogP contribution in [-0.4, -0.2) is 18.5 Å². The second-order valence-corrected chi connectivity index (χ2v) is 8.74. The van der Waals surface area contributed by atoms with Crippen molar-refractivity contribution in [2.24, 2.45) is 0 Å². The Morgan fingerprint density at radius 1 is 0.861 bits per heavy atom. The maximum absolute atomic E-state index is 12.7. The van der Waals surface area contributed by atoms with Gasteiger partial charge in [0.25, 0.3) is 5.91 Å². The Balaban J connectivity index is 1.40. The van der Waals surface area contributed by atoms with Gasteiger partial charge in [0.15, 0.2) is 6.61 Å². The van der Waals surface area contributed by atoms with Crippen LogP contribution in [0.3, 0.4) is 0 Å². The fraction of sp³-hybridized carbons (Fsp3) is 0.207. The van der Waals surface area contributed by atoms with Crippen LogP contribution in [0.5, 0.6) is 11.5 Å². The van der Waals surface area contributed by atoms with E-state index in [2.05, 4.69) is 19.2 Å². The van der Waals surface area contributed by atoms with Crippen molar-refractivity contribution < 1.29 is 23.5 Å². The van der Waals surface area contributed by atoms with Crippen molar-refractivity contribution in [1.82, 2.24) is 5.32 Å². The average molecular weight is 486 g/mol. The quantitative estimate of drug-likeness (QED) is 0.204. The van der Waals surface area contributed by atoms with Gasteiger partial charge >= 0.3 is 11.6 Å². The average Bonchev–Trinajstić information content (AvgIpc) is 2.87. The predicted octanol–water partition coefficient (Wildman–Crippen LogP) is 5.39. The van der Waals surface area contributed by atoms with Gasteiger partial charge in [-0.1, -0.05) is 56.3 Å². The molecule has 1 atom stereocenters. The molecule has 0 saturated heterocycles. The standard InChI is InChI=1S/C29H27NO6/c1-18(2)20-9-12-23(13-10-20)34-17-27(31)35-24-14-11-22-15-25(29(33)36-26(22)16-24)28(32)30-19(3)21-7-5-4-6-8-21/h4-16,18-19H,17H2,1-3H3,(H,30,32). The highest BCUT2D eigenvalue weighted by molar-refractivity contribution is 5.97. The van der Waals surface area contributed by atoms with Crippen molar-refractivity contribution >= 4 is 22.8 Å². The zero-order valence-electron chi connectivity index (χ0n) is 20.3. The monoisotopic (exact) mass is 485 g/mol. The molecule has 1 amide bonds. The van der Waals surface area contributed by atoms with Crippen molar-refractivity contribution in [3.05, 3.63) is 106 Å². The number of nitrogens with one attached hydrogen (secondary N) is 1. The molecule has 0 radical (unpaired) electrons. The van der Waals surface area contributed by atoms with E-state index in [1.54, 1.807) is 12.1 Å². The zero-order chi connectivity index (χ0) is 25.7.